The molecule has 0 aromatic carbocycles. The van der Waals surface area contributed by atoms with Gasteiger partial charge in [0.1, 0.15) is 5.69 Å². The molecular weight excluding hydrogens is 323 g/mol. The van der Waals surface area contributed by atoms with Gasteiger partial charge in [0.25, 0.3) is 5.91 Å². The number of rotatable bonds is 6. The number of aliphatic hydroxyl groups is 1. The molecule has 4 nitrogen and oxygen atoms in total. The highest BCUT2D eigenvalue weighted by Crippen LogP contribution is 2.31. The maximum Gasteiger partial charge on any atom is 0.271 e. The van der Waals surface area contributed by atoms with Crippen molar-refractivity contribution < 1.29 is 9.90 Å². The Hall–Kier alpha value is -0.550. The molecule has 0 spiro atoms. The van der Waals surface area contributed by atoms with E-state index in [0.717, 1.165) is 12.8 Å². The van der Waals surface area contributed by atoms with E-state index in [-0.39, 0.29) is 32.8 Å². The minimum Gasteiger partial charge on any atom is -0.396 e. The second kappa shape index (κ2) is 7.46. The molecular formula is C13H17Cl3N2O2. The van der Waals surface area contributed by atoms with Crippen LogP contribution in [0.2, 0.25) is 15.1 Å². The third-order valence-corrected chi connectivity index (χ3v) is 4.83. The first-order chi connectivity index (χ1) is 9.40. The molecule has 0 aliphatic heterocycles. The Kier molecular flexibility index (Phi) is 6.52. The number of carbonyl (C=O) groups excluding carboxylic acids is 1. The van der Waals surface area contributed by atoms with Gasteiger partial charge >= 0.3 is 0 Å². The van der Waals surface area contributed by atoms with Gasteiger partial charge in [-0.25, -0.2) is 4.98 Å². The molecule has 0 fully saturated rings. The summed E-state index contributed by atoms with van der Waals surface area (Å²) in [5.74, 6) is -0.437. The van der Waals surface area contributed by atoms with Crippen molar-refractivity contribution in [3.8, 4) is 0 Å². The third-order valence-electron chi connectivity index (χ3n) is 3.59. The zero-order valence-electron chi connectivity index (χ0n) is 11.3. The maximum atomic E-state index is 12.1. The Morgan fingerprint density at radius 2 is 1.90 bits per heavy atom. The molecule has 0 aliphatic rings. The van der Waals surface area contributed by atoms with E-state index in [1.54, 1.807) is 0 Å². The molecule has 112 valence electrons. The van der Waals surface area contributed by atoms with E-state index in [9.17, 15) is 9.90 Å². The van der Waals surface area contributed by atoms with Gasteiger partial charge in [0.05, 0.1) is 21.7 Å². The van der Waals surface area contributed by atoms with Crippen molar-refractivity contribution in [2.45, 2.75) is 26.7 Å². The zero-order chi connectivity index (χ0) is 15.3. The van der Waals surface area contributed by atoms with Gasteiger partial charge in [-0.1, -0.05) is 48.7 Å². The SMILES string of the molecule is CCC(CC)(CO)CNC(=O)c1ncc(Cl)c(Cl)c1Cl. The Bertz CT molecular complexity index is 482. The van der Waals surface area contributed by atoms with Crippen molar-refractivity contribution in [2.75, 3.05) is 13.2 Å². The normalized spacial score (nSPS) is 11.5. The fourth-order valence-corrected chi connectivity index (χ4v) is 2.30. The average Bonchev–Trinajstić information content (AvgIpc) is 2.47. The number of pyridine rings is 1. The molecule has 7 heteroatoms. The Morgan fingerprint density at radius 1 is 1.30 bits per heavy atom. The van der Waals surface area contributed by atoms with Gasteiger partial charge < -0.3 is 10.4 Å². The van der Waals surface area contributed by atoms with E-state index < -0.39 is 5.91 Å². The summed E-state index contributed by atoms with van der Waals surface area (Å²) in [5, 5.41) is 12.5. The van der Waals surface area contributed by atoms with Crippen LogP contribution in [0.4, 0.5) is 0 Å². The highest BCUT2D eigenvalue weighted by Gasteiger charge is 2.27. The fraction of sp³-hybridized carbons (Fsp3) is 0.538. The van der Waals surface area contributed by atoms with Crippen LogP contribution in [0.25, 0.3) is 0 Å². The number of aliphatic hydroxyl groups excluding tert-OH is 1. The second-order valence-corrected chi connectivity index (χ2v) is 5.79. The van der Waals surface area contributed by atoms with E-state index in [0.29, 0.717) is 6.54 Å². The van der Waals surface area contributed by atoms with Crippen LogP contribution in [-0.4, -0.2) is 29.1 Å². The lowest BCUT2D eigenvalue weighted by atomic mass is 9.83. The quantitative estimate of drug-likeness (QED) is 0.833. The first-order valence-electron chi connectivity index (χ1n) is 6.29. The highest BCUT2D eigenvalue weighted by molar-refractivity contribution is 6.48. The monoisotopic (exact) mass is 338 g/mol. The number of nitrogens with one attached hydrogen (secondary N) is 1. The molecule has 0 radical (unpaired) electrons. The summed E-state index contributed by atoms with van der Waals surface area (Å²) in [7, 11) is 0. The van der Waals surface area contributed by atoms with Crippen LogP contribution < -0.4 is 5.32 Å². The molecule has 0 atom stereocenters. The summed E-state index contributed by atoms with van der Waals surface area (Å²) in [5.41, 5.74) is -0.307. The summed E-state index contributed by atoms with van der Waals surface area (Å²) in [6.07, 6.45) is 2.79. The van der Waals surface area contributed by atoms with Crippen LogP contribution in [0.5, 0.6) is 0 Å². The fourth-order valence-electron chi connectivity index (χ4n) is 1.73. The number of hydrogen-bond acceptors (Lipinski definition) is 3. The van der Waals surface area contributed by atoms with E-state index in [4.69, 9.17) is 34.8 Å². The van der Waals surface area contributed by atoms with Crippen LogP contribution >= 0.6 is 34.8 Å². The predicted molar refractivity (Wildman–Crippen MR) is 81.7 cm³/mol. The summed E-state index contributed by atoms with van der Waals surface area (Å²) in [6.45, 7) is 4.28. The molecule has 1 rings (SSSR count). The number of hydrogen-bond donors (Lipinski definition) is 2. The Balaban J connectivity index is 2.85. The molecule has 0 unspecified atom stereocenters. The van der Waals surface area contributed by atoms with Gasteiger partial charge in [-0.15, -0.1) is 0 Å². The molecule has 0 aliphatic carbocycles. The lowest BCUT2D eigenvalue weighted by Crippen LogP contribution is -2.39. The number of nitrogens with zero attached hydrogens (tertiary/aromatic N) is 1. The number of aromatic nitrogens is 1. The van der Waals surface area contributed by atoms with Gasteiger partial charge in [-0.05, 0) is 12.8 Å². The van der Waals surface area contributed by atoms with Crippen molar-refractivity contribution in [3.05, 3.63) is 27.0 Å². The largest absolute Gasteiger partial charge is 0.396 e. The molecule has 0 saturated heterocycles. The molecule has 1 aromatic heterocycles. The van der Waals surface area contributed by atoms with Gasteiger partial charge in [0, 0.05) is 18.2 Å². The van der Waals surface area contributed by atoms with E-state index in [2.05, 4.69) is 10.3 Å². The van der Waals surface area contributed by atoms with Gasteiger partial charge in [-0.2, -0.15) is 0 Å². The van der Waals surface area contributed by atoms with E-state index in [1.165, 1.54) is 6.20 Å². The van der Waals surface area contributed by atoms with Gasteiger partial charge in [0.2, 0.25) is 0 Å². The van der Waals surface area contributed by atoms with Crippen molar-refractivity contribution in [1.82, 2.24) is 10.3 Å². The lowest BCUT2D eigenvalue weighted by Gasteiger charge is -2.29. The first kappa shape index (κ1) is 17.5. The Labute approximate surface area is 133 Å². The van der Waals surface area contributed by atoms with Crippen molar-refractivity contribution in [3.63, 3.8) is 0 Å². The molecule has 1 heterocycles. The van der Waals surface area contributed by atoms with Crippen LogP contribution in [0.3, 0.4) is 0 Å². The minimum absolute atomic E-state index is 0.00279. The van der Waals surface area contributed by atoms with Gasteiger partial charge in [-0.3, -0.25) is 4.79 Å². The van der Waals surface area contributed by atoms with Gasteiger partial charge in [0.15, 0.2) is 0 Å². The summed E-state index contributed by atoms with van der Waals surface area (Å²) >= 11 is 17.6. The number of halogens is 3. The zero-order valence-corrected chi connectivity index (χ0v) is 13.6. The maximum absolute atomic E-state index is 12.1. The summed E-state index contributed by atoms with van der Waals surface area (Å²) in [4.78, 5) is 16.0. The van der Waals surface area contributed by atoms with Crippen molar-refractivity contribution in [2.24, 2.45) is 5.41 Å². The van der Waals surface area contributed by atoms with E-state index >= 15 is 0 Å². The molecule has 1 amide bonds. The molecule has 0 bridgehead atoms. The van der Waals surface area contributed by atoms with E-state index in [1.807, 2.05) is 13.8 Å². The standard InChI is InChI=1S/C13H17Cl3N2O2/c1-3-13(4-2,7-19)6-18-12(20)11-10(16)9(15)8(14)5-17-11/h5,19H,3-4,6-7H2,1-2H3,(H,18,20). The van der Waals surface area contributed by atoms with Crippen LogP contribution in [-0.2, 0) is 0 Å². The highest BCUT2D eigenvalue weighted by atomic mass is 35.5. The van der Waals surface area contributed by atoms with Crippen LogP contribution in [0.15, 0.2) is 6.20 Å². The molecule has 1 aromatic rings. The number of amides is 1. The van der Waals surface area contributed by atoms with Crippen molar-refractivity contribution in [1.29, 1.82) is 0 Å². The molecule has 2 N–H and O–H groups in total. The van der Waals surface area contributed by atoms with Crippen molar-refractivity contribution >= 4 is 40.7 Å². The summed E-state index contributed by atoms with van der Waals surface area (Å²) in [6, 6.07) is 0. The molecule has 0 saturated carbocycles. The predicted octanol–water partition coefficient (Wildman–Crippen LogP) is 3.57. The molecule has 20 heavy (non-hydrogen) atoms. The lowest BCUT2D eigenvalue weighted by molar-refractivity contribution is 0.0847. The minimum atomic E-state index is -0.437. The average molecular weight is 340 g/mol. The number of carbonyl (C=O) groups is 1. The Morgan fingerprint density at radius 3 is 2.40 bits per heavy atom. The smallest absolute Gasteiger partial charge is 0.271 e. The third kappa shape index (κ3) is 3.76. The summed E-state index contributed by atoms with van der Waals surface area (Å²) < 4.78 is 0. The van der Waals surface area contributed by atoms with Crippen LogP contribution in [0, 0.1) is 5.41 Å². The first-order valence-corrected chi connectivity index (χ1v) is 7.42. The second-order valence-electron chi connectivity index (χ2n) is 4.63. The topological polar surface area (TPSA) is 62.2 Å². The van der Waals surface area contributed by atoms with Crippen LogP contribution in [0.1, 0.15) is 37.2 Å².